The summed E-state index contributed by atoms with van der Waals surface area (Å²) < 4.78 is 0. The summed E-state index contributed by atoms with van der Waals surface area (Å²) in [5.41, 5.74) is 14.0. The monoisotopic (exact) mass is 260 g/mol. The smallest absolute Gasteiger partial charge is 0.248 e. The van der Waals surface area contributed by atoms with Gasteiger partial charge in [-0.15, -0.1) is 0 Å². The van der Waals surface area contributed by atoms with Gasteiger partial charge in [-0.25, -0.2) is 0 Å². The minimum absolute atomic E-state index is 0.447. The number of nitrogens with two attached hydrogens (primary N) is 2. The molecule has 18 heavy (non-hydrogen) atoms. The molecule has 92 valence electrons. The molecule has 2 rings (SSSR count). The zero-order valence-corrected chi connectivity index (χ0v) is 10.4. The fraction of sp³-hybridized carbons (Fsp3) is 0.0714. The van der Waals surface area contributed by atoms with E-state index in [-0.39, 0.29) is 0 Å². The van der Waals surface area contributed by atoms with Gasteiger partial charge in [-0.2, -0.15) is 0 Å². The molecule has 0 aliphatic rings. The lowest BCUT2D eigenvalue weighted by atomic mass is 9.99. The van der Waals surface area contributed by atoms with Crippen molar-refractivity contribution in [3.05, 3.63) is 64.2 Å². The molecular weight excluding hydrogens is 248 g/mol. The van der Waals surface area contributed by atoms with Crippen LogP contribution in [0.4, 0.5) is 5.69 Å². The molecule has 0 spiro atoms. The lowest BCUT2D eigenvalue weighted by Crippen LogP contribution is -2.13. The second-order valence-electron chi connectivity index (χ2n) is 4.08. The molecular formula is C14H13ClN2O. The summed E-state index contributed by atoms with van der Waals surface area (Å²) in [6, 6.07) is 12.6. The molecule has 0 atom stereocenters. The van der Waals surface area contributed by atoms with E-state index in [2.05, 4.69) is 0 Å². The maximum atomic E-state index is 11.3. The van der Waals surface area contributed by atoms with Gasteiger partial charge in [0.1, 0.15) is 0 Å². The highest BCUT2D eigenvalue weighted by atomic mass is 35.5. The van der Waals surface area contributed by atoms with Gasteiger partial charge in [0, 0.05) is 16.3 Å². The van der Waals surface area contributed by atoms with E-state index in [0.717, 1.165) is 11.1 Å². The van der Waals surface area contributed by atoms with Crippen molar-refractivity contribution in [2.45, 2.75) is 6.42 Å². The number of hydrogen-bond acceptors (Lipinski definition) is 2. The molecule has 0 aliphatic heterocycles. The summed E-state index contributed by atoms with van der Waals surface area (Å²) in [6.45, 7) is 0. The SMILES string of the molecule is NC(=O)c1ccc(Cl)cc1Cc1ccc(N)cc1. The van der Waals surface area contributed by atoms with Crippen LogP contribution in [0, 0.1) is 0 Å². The molecule has 0 unspecified atom stereocenters. The first-order valence-electron chi connectivity index (χ1n) is 5.49. The zero-order chi connectivity index (χ0) is 13.1. The van der Waals surface area contributed by atoms with E-state index >= 15 is 0 Å². The van der Waals surface area contributed by atoms with Crippen LogP contribution in [0.15, 0.2) is 42.5 Å². The van der Waals surface area contributed by atoms with Gasteiger partial charge < -0.3 is 11.5 Å². The number of amides is 1. The lowest BCUT2D eigenvalue weighted by molar-refractivity contribution is 0.0999. The Hall–Kier alpha value is -2.00. The molecule has 0 aromatic heterocycles. The van der Waals surface area contributed by atoms with Crippen LogP contribution in [0.3, 0.4) is 0 Å². The fourth-order valence-electron chi connectivity index (χ4n) is 1.80. The molecule has 3 nitrogen and oxygen atoms in total. The van der Waals surface area contributed by atoms with Crippen molar-refractivity contribution >= 4 is 23.2 Å². The van der Waals surface area contributed by atoms with E-state index in [1.807, 2.05) is 24.3 Å². The van der Waals surface area contributed by atoms with E-state index in [9.17, 15) is 4.79 Å². The van der Waals surface area contributed by atoms with Gasteiger partial charge in [0.25, 0.3) is 0 Å². The van der Waals surface area contributed by atoms with Crippen molar-refractivity contribution in [3.8, 4) is 0 Å². The molecule has 4 heteroatoms. The molecule has 2 aromatic carbocycles. The normalized spacial score (nSPS) is 10.3. The van der Waals surface area contributed by atoms with Crippen molar-refractivity contribution in [1.29, 1.82) is 0 Å². The molecule has 1 amide bonds. The largest absolute Gasteiger partial charge is 0.399 e. The number of rotatable bonds is 3. The van der Waals surface area contributed by atoms with Gasteiger partial charge >= 0.3 is 0 Å². The topological polar surface area (TPSA) is 69.1 Å². The Morgan fingerprint density at radius 3 is 2.39 bits per heavy atom. The number of halogens is 1. The van der Waals surface area contributed by atoms with Crippen LogP contribution in [-0.2, 0) is 6.42 Å². The lowest BCUT2D eigenvalue weighted by Gasteiger charge is -2.08. The van der Waals surface area contributed by atoms with Crippen LogP contribution < -0.4 is 11.5 Å². The van der Waals surface area contributed by atoms with E-state index in [0.29, 0.717) is 22.7 Å². The maximum absolute atomic E-state index is 11.3. The Bertz CT molecular complexity index is 579. The molecule has 0 saturated carbocycles. The van der Waals surface area contributed by atoms with Crippen LogP contribution in [0.1, 0.15) is 21.5 Å². The number of benzene rings is 2. The first kappa shape index (κ1) is 12.5. The summed E-state index contributed by atoms with van der Waals surface area (Å²) in [4.78, 5) is 11.3. The van der Waals surface area contributed by atoms with Crippen LogP contribution in [0.25, 0.3) is 0 Å². The highest BCUT2D eigenvalue weighted by Gasteiger charge is 2.09. The third kappa shape index (κ3) is 2.81. The average molecular weight is 261 g/mol. The number of hydrogen-bond donors (Lipinski definition) is 2. The second kappa shape index (κ2) is 5.10. The van der Waals surface area contributed by atoms with E-state index in [1.54, 1.807) is 18.2 Å². The molecule has 0 saturated heterocycles. The van der Waals surface area contributed by atoms with Gasteiger partial charge in [0.15, 0.2) is 0 Å². The second-order valence-corrected chi connectivity index (χ2v) is 4.52. The average Bonchev–Trinajstić information content (AvgIpc) is 2.32. The van der Waals surface area contributed by atoms with E-state index in [4.69, 9.17) is 23.1 Å². The summed E-state index contributed by atoms with van der Waals surface area (Å²) in [5.74, 6) is -0.447. The van der Waals surface area contributed by atoms with Crippen LogP contribution in [0.2, 0.25) is 5.02 Å². The fourth-order valence-corrected chi connectivity index (χ4v) is 2.00. The molecule has 4 N–H and O–H groups in total. The first-order chi connectivity index (χ1) is 8.56. The summed E-state index contributed by atoms with van der Waals surface area (Å²) in [6.07, 6.45) is 0.596. The molecule has 0 heterocycles. The molecule has 0 bridgehead atoms. The minimum Gasteiger partial charge on any atom is -0.399 e. The van der Waals surface area contributed by atoms with E-state index < -0.39 is 5.91 Å². The predicted molar refractivity (Wildman–Crippen MR) is 73.6 cm³/mol. The third-order valence-electron chi connectivity index (χ3n) is 2.71. The summed E-state index contributed by atoms with van der Waals surface area (Å²) >= 11 is 5.94. The van der Waals surface area contributed by atoms with E-state index in [1.165, 1.54) is 0 Å². The van der Waals surface area contributed by atoms with Gasteiger partial charge in [-0.05, 0) is 47.9 Å². The Kier molecular flexibility index (Phi) is 3.53. The number of nitrogen functional groups attached to an aromatic ring is 1. The van der Waals surface area contributed by atoms with Crippen molar-refractivity contribution in [3.63, 3.8) is 0 Å². The Morgan fingerprint density at radius 1 is 1.11 bits per heavy atom. The van der Waals surface area contributed by atoms with Gasteiger partial charge in [-0.1, -0.05) is 23.7 Å². The Morgan fingerprint density at radius 2 is 1.78 bits per heavy atom. The maximum Gasteiger partial charge on any atom is 0.248 e. The first-order valence-corrected chi connectivity index (χ1v) is 5.86. The molecule has 0 radical (unpaired) electrons. The predicted octanol–water partition coefficient (Wildman–Crippen LogP) is 2.61. The Labute approximate surface area is 110 Å². The van der Waals surface area contributed by atoms with Crippen molar-refractivity contribution in [1.82, 2.24) is 0 Å². The van der Waals surface area contributed by atoms with Gasteiger partial charge in [0.2, 0.25) is 5.91 Å². The Balaban J connectivity index is 2.35. The van der Waals surface area contributed by atoms with Crippen LogP contribution >= 0.6 is 11.6 Å². The quantitative estimate of drug-likeness (QED) is 0.833. The summed E-state index contributed by atoms with van der Waals surface area (Å²) in [7, 11) is 0. The van der Waals surface area contributed by atoms with Crippen molar-refractivity contribution in [2.24, 2.45) is 5.73 Å². The number of carbonyl (C=O) groups is 1. The number of carbonyl (C=O) groups excluding carboxylic acids is 1. The highest BCUT2D eigenvalue weighted by Crippen LogP contribution is 2.19. The zero-order valence-electron chi connectivity index (χ0n) is 9.69. The number of anilines is 1. The number of primary amides is 1. The molecule has 0 aliphatic carbocycles. The standard InChI is InChI=1S/C14H13ClN2O/c15-11-3-6-13(14(17)18)10(8-11)7-9-1-4-12(16)5-2-9/h1-6,8H,7,16H2,(H2,17,18). The van der Waals surface area contributed by atoms with Gasteiger partial charge in [-0.3, -0.25) is 4.79 Å². The van der Waals surface area contributed by atoms with Crippen LogP contribution in [-0.4, -0.2) is 5.91 Å². The minimum atomic E-state index is -0.447. The van der Waals surface area contributed by atoms with Crippen molar-refractivity contribution < 1.29 is 4.79 Å². The molecule has 2 aromatic rings. The summed E-state index contributed by atoms with van der Waals surface area (Å²) in [5, 5.41) is 0.588. The van der Waals surface area contributed by atoms with Crippen LogP contribution in [0.5, 0.6) is 0 Å². The third-order valence-corrected chi connectivity index (χ3v) is 2.94. The van der Waals surface area contributed by atoms with Crippen molar-refractivity contribution in [2.75, 3.05) is 5.73 Å². The molecule has 0 fully saturated rings. The highest BCUT2D eigenvalue weighted by molar-refractivity contribution is 6.30. The van der Waals surface area contributed by atoms with Gasteiger partial charge in [0.05, 0.1) is 0 Å².